The van der Waals surface area contributed by atoms with Crippen molar-refractivity contribution in [3.63, 3.8) is 0 Å². The highest BCUT2D eigenvalue weighted by atomic mass is 28.5. The Kier molecular flexibility index (Phi) is 9.08. The van der Waals surface area contributed by atoms with Crippen LogP contribution in [0.5, 0.6) is 0 Å². The van der Waals surface area contributed by atoms with Crippen molar-refractivity contribution < 1.29 is 32.3 Å². The molecule has 0 saturated heterocycles. The molecule has 0 spiro atoms. The smallest absolute Gasteiger partial charge is 0.390 e. The van der Waals surface area contributed by atoms with Gasteiger partial charge in [0.15, 0.2) is 0 Å². The van der Waals surface area contributed by atoms with Gasteiger partial charge in [-0.3, -0.25) is 0 Å². The van der Waals surface area contributed by atoms with Crippen LogP contribution in [-0.2, 0) is 4.12 Å². The maximum atomic E-state index is 10.0. The third-order valence-corrected chi connectivity index (χ3v) is 9.20. The molecule has 0 heterocycles. The summed E-state index contributed by atoms with van der Waals surface area (Å²) in [6.45, 7) is 7.66. The summed E-state index contributed by atoms with van der Waals surface area (Å²) in [6.07, 6.45) is 1.18. The predicted molar refractivity (Wildman–Crippen MR) is 95.3 cm³/mol. The second-order valence-corrected chi connectivity index (χ2v) is 12.5. The van der Waals surface area contributed by atoms with Crippen LogP contribution in [-0.4, -0.2) is 100 Å². The van der Waals surface area contributed by atoms with E-state index < -0.39 is 17.6 Å². The molecule has 0 aliphatic heterocycles. The minimum absolute atomic E-state index is 0.0983. The molecule has 0 aromatic heterocycles. The molecule has 0 aromatic carbocycles. The lowest BCUT2D eigenvalue weighted by Gasteiger charge is -2.31. The van der Waals surface area contributed by atoms with Crippen molar-refractivity contribution in [1.29, 1.82) is 0 Å². The first kappa shape index (κ1) is 23.2. The summed E-state index contributed by atoms with van der Waals surface area (Å²) in [5.74, 6) is 0. The van der Waals surface area contributed by atoms with Gasteiger partial charge in [-0.1, -0.05) is 0 Å². The van der Waals surface area contributed by atoms with Crippen molar-refractivity contribution in [2.75, 3.05) is 54.4 Å². The van der Waals surface area contributed by atoms with Crippen LogP contribution in [0.4, 0.5) is 0 Å². The standard InChI is InChI=1S/C14H38N2O5Si2/c1-7-15(3,4)11-9-13-22(17,18)21-23(19,20)14-10-12-16(5,6)8-2/h17-20H,7-14H2,1-6H3/q+2. The van der Waals surface area contributed by atoms with Gasteiger partial charge in [-0.2, -0.15) is 0 Å². The summed E-state index contributed by atoms with van der Waals surface area (Å²) in [6, 6.07) is 0.197. The third-order valence-electron chi connectivity index (χ3n) is 4.57. The molecule has 0 unspecified atom stereocenters. The summed E-state index contributed by atoms with van der Waals surface area (Å²) < 4.78 is 6.58. The Bertz CT molecular complexity index is 320. The molecule has 0 aliphatic rings. The Morgan fingerprint density at radius 3 is 1.26 bits per heavy atom. The SMILES string of the molecule is CC[N+](C)(C)CCC[Si](O)(O)O[Si](O)(O)CCC[N+](C)(C)CC. The van der Waals surface area contributed by atoms with Gasteiger partial charge in [-0.25, -0.2) is 0 Å². The van der Waals surface area contributed by atoms with Crippen molar-refractivity contribution in [2.24, 2.45) is 0 Å². The van der Waals surface area contributed by atoms with Crippen molar-refractivity contribution in [3.8, 4) is 0 Å². The highest BCUT2D eigenvalue weighted by molar-refractivity contribution is 6.72. The Balaban J connectivity index is 4.29. The Morgan fingerprint density at radius 2 is 1.00 bits per heavy atom. The maximum Gasteiger partial charge on any atom is 0.488 e. The molecule has 0 saturated carbocycles. The summed E-state index contributed by atoms with van der Waals surface area (Å²) in [5.41, 5.74) is 0. The molecule has 0 atom stereocenters. The third kappa shape index (κ3) is 11.4. The molecule has 0 bridgehead atoms. The number of hydrogen-bond acceptors (Lipinski definition) is 5. The first-order chi connectivity index (χ1) is 10.2. The Morgan fingerprint density at radius 1 is 0.696 bits per heavy atom. The Hall–Kier alpha value is 0.154. The van der Waals surface area contributed by atoms with Crippen molar-refractivity contribution in [2.45, 2.75) is 38.8 Å². The molecule has 0 rings (SSSR count). The number of rotatable bonds is 12. The highest BCUT2D eigenvalue weighted by Gasteiger charge is 2.45. The molecule has 7 nitrogen and oxygen atoms in total. The minimum atomic E-state index is -4.01. The minimum Gasteiger partial charge on any atom is -0.390 e. The van der Waals surface area contributed by atoms with Gasteiger partial charge in [0.25, 0.3) is 0 Å². The average Bonchev–Trinajstić information content (AvgIpc) is 2.36. The van der Waals surface area contributed by atoms with E-state index in [4.69, 9.17) is 4.12 Å². The molecule has 0 aromatic rings. The monoisotopic (exact) mass is 370 g/mol. The maximum absolute atomic E-state index is 10.0. The zero-order valence-electron chi connectivity index (χ0n) is 15.7. The number of hydrogen-bond donors (Lipinski definition) is 4. The molecule has 0 amide bonds. The predicted octanol–water partition coefficient (Wildman–Crippen LogP) is -0.177. The van der Waals surface area contributed by atoms with Gasteiger partial charge < -0.3 is 32.3 Å². The molecule has 9 heteroatoms. The van der Waals surface area contributed by atoms with Crippen molar-refractivity contribution in [1.82, 2.24) is 0 Å². The second-order valence-electron chi connectivity index (χ2n) is 7.75. The summed E-state index contributed by atoms with van der Waals surface area (Å²) in [4.78, 5) is 40.0. The zero-order valence-corrected chi connectivity index (χ0v) is 17.7. The fourth-order valence-corrected chi connectivity index (χ4v) is 6.30. The van der Waals surface area contributed by atoms with E-state index in [-0.39, 0.29) is 12.1 Å². The number of nitrogens with zero attached hydrogens (tertiary/aromatic N) is 2. The van der Waals surface area contributed by atoms with E-state index in [1.807, 2.05) is 0 Å². The van der Waals surface area contributed by atoms with E-state index in [0.717, 1.165) is 35.1 Å². The lowest BCUT2D eigenvalue weighted by atomic mass is 10.4. The quantitative estimate of drug-likeness (QED) is 0.283. The molecular weight excluding hydrogens is 332 g/mol. The molecule has 23 heavy (non-hydrogen) atoms. The van der Waals surface area contributed by atoms with Crippen LogP contribution in [0.1, 0.15) is 26.7 Å². The summed E-state index contributed by atoms with van der Waals surface area (Å²) in [5, 5.41) is 0. The highest BCUT2D eigenvalue weighted by Crippen LogP contribution is 2.18. The van der Waals surface area contributed by atoms with Gasteiger partial charge >= 0.3 is 17.6 Å². The lowest BCUT2D eigenvalue weighted by molar-refractivity contribution is -0.888. The van der Waals surface area contributed by atoms with Gasteiger partial charge in [0.2, 0.25) is 0 Å². The van der Waals surface area contributed by atoms with E-state index in [0.29, 0.717) is 12.8 Å². The molecular formula is C14H38N2O5Si2+2. The van der Waals surface area contributed by atoms with Crippen LogP contribution in [0.15, 0.2) is 0 Å². The molecule has 0 fully saturated rings. The molecule has 0 aliphatic carbocycles. The first-order valence-electron chi connectivity index (χ1n) is 8.48. The van der Waals surface area contributed by atoms with Gasteiger partial charge in [0.1, 0.15) is 0 Å². The summed E-state index contributed by atoms with van der Waals surface area (Å²) in [7, 11) is 0.275. The lowest BCUT2D eigenvalue weighted by Crippen LogP contribution is -2.53. The first-order valence-corrected chi connectivity index (χ1v) is 12.5. The van der Waals surface area contributed by atoms with Gasteiger partial charge in [0.05, 0.1) is 54.4 Å². The largest absolute Gasteiger partial charge is 0.488 e. The van der Waals surface area contributed by atoms with E-state index in [1.54, 1.807) is 0 Å². The van der Waals surface area contributed by atoms with Crippen LogP contribution in [0, 0.1) is 0 Å². The van der Waals surface area contributed by atoms with Crippen LogP contribution in [0.3, 0.4) is 0 Å². The van der Waals surface area contributed by atoms with Crippen molar-refractivity contribution >= 4 is 17.6 Å². The van der Waals surface area contributed by atoms with Crippen molar-refractivity contribution in [3.05, 3.63) is 0 Å². The van der Waals surface area contributed by atoms with E-state index >= 15 is 0 Å². The normalized spacial score (nSPS) is 14.3. The zero-order chi connectivity index (χ0) is 18.4. The molecule has 0 radical (unpaired) electrons. The van der Waals surface area contributed by atoms with Crippen LogP contribution >= 0.6 is 0 Å². The summed E-state index contributed by atoms with van der Waals surface area (Å²) >= 11 is 0. The van der Waals surface area contributed by atoms with E-state index in [1.165, 1.54) is 0 Å². The fourth-order valence-electron chi connectivity index (χ4n) is 2.15. The topological polar surface area (TPSA) is 90.2 Å². The van der Waals surface area contributed by atoms with E-state index in [9.17, 15) is 19.2 Å². The van der Waals surface area contributed by atoms with Gasteiger partial charge in [-0.05, 0) is 13.8 Å². The van der Waals surface area contributed by atoms with Crippen LogP contribution < -0.4 is 0 Å². The Labute approximate surface area is 143 Å². The van der Waals surface area contributed by atoms with E-state index in [2.05, 4.69) is 42.0 Å². The molecule has 4 N–H and O–H groups in total. The number of quaternary nitrogens is 2. The van der Waals surface area contributed by atoms with Crippen LogP contribution in [0.25, 0.3) is 0 Å². The average molecular weight is 371 g/mol. The fraction of sp³-hybridized carbons (Fsp3) is 1.00. The molecule has 140 valence electrons. The van der Waals surface area contributed by atoms with Gasteiger partial charge in [-0.15, -0.1) is 0 Å². The second kappa shape index (κ2) is 9.02. The van der Waals surface area contributed by atoms with Crippen LogP contribution in [0.2, 0.25) is 12.1 Å². The van der Waals surface area contributed by atoms with Gasteiger partial charge in [0, 0.05) is 24.9 Å².